The van der Waals surface area contributed by atoms with Crippen molar-refractivity contribution >= 4 is 33.4 Å². The van der Waals surface area contributed by atoms with Crippen LogP contribution in [-0.2, 0) is 11.4 Å². The monoisotopic (exact) mass is 449 g/mol. The first-order valence-corrected chi connectivity index (χ1v) is 9.60. The van der Waals surface area contributed by atoms with Crippen LogP contribution < -0.4 is 9.47 Å². The fourth-order valence-corrected chi connectivity index (χ4v) is 3.66. The molecule has 0 unspecified atom stereocenters. The Morgan fingerprint density at radius 1 is 1.16 bits per heavy atom. The largest absolute Gasteiger partial charge is 0.506 e. The maximum absolute atomic E-state index is 14.8. The zero-order valence-electron chi connectivity index (χ0n) is 16.6. The number of halogens is 3. The van der Waals surface area contributed by atoms with Crippen LogP contribution in [-0.4, -0.2) is 47.7 Å². The Hall–Kier alpha value is -3.17. The van der Waals surface area contributed by atoms with Crippen LogP contribution in [0.15, 0.2) is 24.4 Å². The maximum atomic E-state index is 14.8. The summed E-state index contributed by atoms with van der Waals surface area (Å²) >= 11 is 6.02. The summed E-state index contributed by atoms with van der Waals surface area (Å²) in [6.45, 7) is -0.322. The van der Waals surface area contributed by atoms with Crippen molar-refractivity contribution < 1.29 is 28.1 Å². The molecule has 4 rings (SSSR count). The van der Waals surface area contributed by atoms with Gasteiger partial charge in [-0.1, -0.05) is 11.6 Å². The third kappa shape index (κ3) is 3.60. The number of phenolic OH excluding ortho intramolecular Hbond substituents is 1. The Morgan fingerprint density at radius 2 is 1.97 bits per heavy atom. The van der Waals surface area contributed by atoms with Crippen molar-refractivity contribution in [2.45, 2.75) is 6.67 Å². The lowest BCUT2D eigenvalue weighted by Gasteiger charge is -2.18. The van der Waals surface area contributed by atoms with Crippen LogP contribution in [0.4, 0.5) is 8.78 Å². The molecule has 2 heterocycles. The SMILES string of the molecule is COCCOc1cc(CF)c2c(-c3cc(Cl)c(O)cc3F)nc3[nH]ncc3c2c1OC. The number of benzene rings is 2. The number of hydrogen-bond acceptors (Lipinski definition) is 6. The molecule has 0 bridgehead atoms. The zero-order valence-corrected chi connectivity index (χ0v) is 17.4. The van der Waals surface area contributed by atoms with Crippen molar-refractivity contribution in [2.75, 3.05) is 27.4 Å². The Labute approximate surface area is 180 Å². The number of fused-ring (bicyclic) bond motifs is 3. The van der Waals surface area contributed by atoms with E-state index < -0.39 is 18.2 Å². The molecule has 0 aliphatic carbocycles. The van der Waals surface area contributed by atoms with Crippen LogP contribution in [0.5, 0.6) is 17.2 Å². The van der Waals surface area contributed by atoms with Crippen LogP contribution in [0, 0.1) is 5.82 Å². The molecule has 0 saturated carbocycles. The van der Waals surface area contributed by atoms with Gasteiger partial charge in [-0.05, 0) is 17.7 Å². The van der Waals surface area contributed by atoms with Crippen molar-refractivity contribution in [3.05, 3.63) is 40.8 Å². The van der Waals surface area contributed by atoms with Crippen LogP contribution in [0.25, 0.3) is 33.1 Å². The molecule has 0 radical (unpaired) electrons. The average Bonchev–Trinajstić information content (AvgIpc) is 3.24. The lowest BCUT2D eigenvalue weighted by atomic mass is 9.96. The molecular formula is C21H18ClF2N3O4. The number of rotatable bonds is 7. The van der Waals surface area contributed by atoms with Gasteiger partial charge >= 0.3 is 0 Å². The number of phenols is 1. The van der Waals surface area contributed by atoms with Gasteiger partial charge in [-0.15, -0.1) is 0 Å². The van der Waals surface area contributed by atoms with E-state index in [1.807, 2.05) is 0 Å². The van der Waals surface area contributed by atoms with Gasteiger partial charge in [0.05, 0.1) is 36.0 Å². The Bertz CT molecular complexity index is 1280. The maximum Gasteiger partial charge on any atom is 0.169 e. The average molecular weight is 450 g/mol. The van der Waals surface area contributed by atoms with Crippen molar-refractivity contribution in [1.82, 2.24) is 15.2 Å². The minimum Gasteiger partial charge on any atom is -0.506 e. The van der Waals surface area contributed by atoms with E-state index in [-0.39, 0.29) is 28.5 Å². The Morgan fingerprint density at radius 3 is 2.68 bits per heavy atom. The zero-order chi connectivity index (χ0) is 22.1. The van der Waals surface area contributed by atoms with E-state index >= 15 is 0 Å². The molecule has 0 atom stereocenters. The van der Waals surface area contributed by atoms with Gasteiger partial charge in [0.15, 0.2) is 17.1 Å². The molecule has 0 fully saturated rings. The molecule has 0 aliphatic heterocycles. The van der Waals surface area contributed by atoms with Crippen molar-refractivity contribution in [1.29, 1.82) is 0 Å². The molecule has 0 spiro atoms. The third-order valence-corrected chi connectivity index (χ3v) is 5.16. The number of hydrogen-bond donors (Lipinski definition) is 2. The van der Waals surface area contributed by atoms with Crippen LogP contribution >= 0.6 is 11.6 Å². The quantitative estimate of drug-likeness (QED) is 0.395. The number of aromatic hydroxyl groups is 1. The molecule has 10 heteroatoms. The van der Waals surface area contributed by atoms with E-state index in [0.717, 1.165) is 6.07 Å². The van der Waals surface area contributed by atoms with Gasteiger partial charge in [-0.2, -0.15) is 5.10 Å². The van der Waals surface area contributed by atoms with E-state index in [1.165, 1.54) is 32.5 Å². The third-order valence-electron chi connectivity index (χ3n) is 4.86. The first kappa shape index (κ1) is 21.1. The van der Waals surface area contributed by atoms with E-state index in [0.29, 0.717) is 39.9 Å². The highest BCUT2D eigenvalue weighted by molar-refractivity contribution is 6.32. The van der Waals surface area contributed by atoms with Gasteiger partial charge in [0, 0.05) is 29.5 Å². The summed E-state index contributed by atoms with van der Waals surface area (Å²) in [5.74, 6) is -0.544. The number of pyridine rings is 1. The number of aromatic nitrogens is 3. The minimum absolute atomic E-state index is 0.00546. The molecule has 0 amide bonds. The fourth-order valence-electron chi connectivity index (χ4n) is 3.50. The first-order chi connectivity index (χ1) is 15.0. The second kappa shape index (κ2) is 8.52. The highest BCUT2D eigenvalue weighted by atomic mass is 35.5. The molecule has 2 aromatic carbocycles. The van der Waals surface area contributed by atoms with E-state index in [4.69, 9.17) is 25.8 Å². The number of nitrogens with one attached hydrogen (secondary N) is 1. The molecule has 0 saturated heterocycles. The second-order valence-electron chi connectivity index (χ2n) is 6.67. The molecule has 2 aromatic heterocycles. The normalized spacial score (nSPS) is 11.4. The summed E-state index contributed by atoms with van der Waals surface area (Å²) in [4.78, 5) is 4.47. The van der Waals surface area contributed by atoms with Gasteiger partial charge in [0.25, 0.3) is 0 Å². The predicted molar refractivity (Wildman–Crippen MR) is 112 cm³/mol. The second-order valence-corrected chi connectivity index (χ2v) is 7.08. The van der Waals surface area contributed by atoms with Gasteiger partial charge in [0.1, 0.15) is 24.8 Å². The molecule has 2 N–H and O–H groups in total. The summed E-state index contributed by atoms with van der Waals surface area (Å²) in [7, 11) is 3.00. The topological polar surface area (TPSA) is 89.5 Å². The van der Waals surface area contributed by atoms with Gasteiger partial charge in [-0.25, -0.2) is 13.8 Å². The summed E-state index contributed by atoms with van der Waals surface area (Å²) in [5.41, 5.74) is 0.676. The molecule has 0 aliphatic rings. The van der Waals surface area contributed by atoms with Crippen molar-refractivity contribution in [2.24, 2.45) is 0 Å². The number of methoxy groups -OCH3 is 2. The smallest absolute Gasteiger partial charge is 0.169 e. The lowest BCUT2D eigenvalue weighted by Crippen LogP contribution is -2.06. The number of H-pyrrole nitrogens is 1. The molecule has 7 nitrogen and oxygen atoms in total. The van der Waals surface area contributed by atoms with Gasteiger partial charge in [-0.3, -0.25) is 5.10 Å². The highest BCUT2D eigenvalue weighted by Gasteiger charge is 2.24. The van der Waals surface area contributed by atoms with Crippen LogP contribution in [0.3, 0.4) is 0 Å². The van der Waals surface area contributed by atoms with Crippen LogP contribution in [0.2, 0.25) is 5.02 Å². The summed E-state index contributed by atoms with van der Waals surface area (Å²) in [6, 6.07) is 3.62. The van der Waals surface area contributed by atoms with E-state index in [9.17, 15) is 13.9 Å². The summed E-state index contributed by atoms with van der Waals surface area (Å²) in [5, 5.41) is 17.8. The molecule has 31 heavy (non-hydrogen) atoms. The van der Waals surface area contributed by atoms with E-state index in [1.54, 1.807) is 0 Å². The van der Waals surface area contributed by atoms with Crippen LogP contribution in [0.1, 0.15) is 5.56 Å². The lowest BCUT2D eigenvalue weighted by molar-refractivity contribution is 0.144. The number of nitrogens with zero attached hydrogens (tertiary/aromatic N) is 2. The van der Waals surface area contributed by atoms with E-state index in [2.05, 4.69) is 15.2 Å². The first-order valence-electron chi connectivity index (χ1n) is 9.22. The predicted octanol–water partition coefficient (Wildman–Crippen LogP) is 4.78. The number of alkyl halides is 1. The highest BCUT2D eigenvalue weighted by Crippen LogP contribution is 2.46. The standard InChI is InChI=1S/C21H18ClF2N3O4/c1-29-3-4-31-16-5-10(8-23)17-18(20(16)30-2)12-9-25-27-21(12)26-19(17)11-6-13(22)15(28)7-14(11)24/h5-7,9,28H,3-4,8H2,1-2H3,(H,25,26,27). The van der Waals surface area contributed by atoms with Crippen molar-refractivity contribution in [3.63, 3.8) is 0 Å². The van der Waals surface area contributed by atoms with Gasteiger partial charge in [0.2, 0.25) is 0 Å². The Kier molecular flexibility index (Phi) is 5.79. The fraction of sp³-hybridized carbons (Fsp3) is 0.238. The molecular weight excluding hydrogens is 432 g/mol. The summed E-state index contributed by atoms with van der Waals surface area (Å²) < 4.78 is 45.4. The Balaban J connectivity index is 2.12. The van der Waals surface area contributed by atoms with Crippen molar-refractivity contribution in [3.8, 4) is 28.5 Å². The number of ether oxygens (including phenoxy) is 3. The summed E-state index contributed by atoms with van der Waals surface area (Å²) in [6.07, 6.45) is 1.53. The molecule has 4 aromatic rings. The number of aromatic amines is 1. The van der Waals surface area contributed by atoms with Gasteiger partial charge < -0.3 is 19.3 Å². The minimum atomic E-state index is -0.868. The molecule has 162 valence electrons.